The van der Waals surface area contributed by atoms with Crippen molar-refractivity contribution in [3.63, 3.8) is 0 Å². The molecule has 28 heavy (non-hydrogen) atoms. The van der Waals surface area contributed by atoms with E-state index in [1.165, 1.54) is 12.1 Å². The van der Waals surface area contributed by atoms with Gasteiger partial charge in [-0.25, -0.2) is 18.1 Å². The summed E-state index contributed by atoms with van der Waals surface area (Å²) in [5.41, 5.74) is 0.775. The number of nitrogens with one attached hydrogen (secondary N) is 3. The van der Waals surface area contributed by atoms with Crippen LogP contribution in [-0.2, 0) is 15.8 Å². The Kier molecular flexibility index (Phi) is 4.99. The quantitative estimate of drug-likeness (QED) is 0.673. The molecule has 4 rings (SSSR count). The van der Waals surface area contributed by atoms with Crippen molar-refractivity contribution in [3.8, 4) is 11.1 Å². The van der Waals surface area contributed by atoms with Crippen LogP contribution in [0, 0.1) is 11.7 Å². The van der Waals surface area contributed by atoms with Gasteiger partial charge in [0, 0.05) is 12.5 Å². The average molecular weight is 401 g/mol. The van der Waals surface area contributed by atoms with Crippen molar-refractivity contribution in [1.82, 2.24) is 15.4 Å². The van der Waals surface area contributed by atoms with Gasteiger partial charge in [-0.2, -0.15) is 0 Å². The number of hydrogen-bond acceptors (Lipinski definition) is 3. The Labute approximate surface area is 164 Å². The van der Waals surface area contributed by atoms with Crippen LogP contribution in [0.1, 0.15) is 19.3 Å². The summed E-state index contributed by atoms with van der Waals surface area (Å²) in [5.74, 6) is -0.729. The van der Waals surface area contributed by atoms with E-state index in [-0.39, 0.29) is 17.6 Å². The number of imide groups is 1. The normalized spacial score (nSPS) is 25.0. The first kappa shape index (κ1) is 18.8. The smallest absolute Gasteiger partial charge is 0.322 e. The van der Waals surface area contributed by atoms with Gasteiger partial charge in [0.15, 0.2) is 0 Å². The number of rotatable bonds is 5. The monoisotopic (exact) mass is 401 g/mol. The standard InChI is InChI=1S/C20H20FN3O3S/c21-16-8-6-13(7-9-16)14-3-1-5-17(11-14)28(27)22-12-15-4-2-10-20(15)18(25)23-19(26)24-20/h1,3,5-9,11,15,22H,2,4,10,12H2,(H2,23,24,25,26). The molecule has 0 bridgehead atoms. The Morgan fingerprint density at radius 2 is 1.93 bits per heavy atom. The molecule has 2 fully saturated rings. The Morgan fingerprint density at radius 3 is 2.64 bits per heavy atom. The second kappa shape index (κ2) is 7.44. The molecule has 2 aromatic carbocycles. The molecule has 146 valence electrons. The van der Waals surface area contributed by atoms with Crippen LogP contribution in [0.15, 0.2) is 53.4 Å². The topological polar surface area (TPSA) is 87.3 Å². The number of hydrogen-bond donors (Lipinski definition) is 3. The summed E-state index contributed by atoms with van der Waals surface area (Å²) in [4.78, 5) is 24.4. The van der Waals surface area contributed by atoms with E-state index in [4.69, 9.17) is 0 Å². The highest BCUT2D eigenvalue weighted by Gasteiger charge is 2.54. The summed E-state index contributed by atoms with van der Waals surface area (Å²) in [6.07, 6.45) is 2.18. The summed E-state index contributed by atoms with van der Waals surface area (Å²) < 4.78 is 28.9. The Bertz CT molecular complexity index is 950. The number of carbonyl (C=O) groups is 2. The lowest BCUT2D eigenvalue weighted by molar-refractivity contribution is -0.125. The van der Waals surface area contributed by atoms with Crippen LogP contribution in [-0.4, -0.2) is 28.2 Å². The minimum absolute atomic E-state index is 0.122. The molecular formula is C20H20FN3O3S. The van der Waals surface area contributed by atoms with Crippen molar-refractivity contribution in [3.05, 3.63) is 54.3 Å². The van der Waals surface area contributed by atoms with Crippen molar-refractivity contribution in [2.24, 2.45) is 5.92 Å². The number of amides is 3. The molecule has 1 saturated heterocycles. The number of halogens is 1. The van der Waals surface area contributed by atoms with Gasteiger partial charge in [0.25, 0.3) is 5.91 Å². The third-order valence-corrected chi connectivity index (χ3v) is 6.59. The maximum atomic E-state index is 13.1. The van der Waals surface area contributed by atoms with E-state index in [9.17, 15) is 18.2 Å². The molecule has 2 aromatic rings. The Balaban J connectivity index is 1.46. The van der Waals surface area contributed by atoms with Gasteiger partial charge >= 0.3 is 6.03 Å². The zero-order valence-corrected chi connectivity index (χ0v) is 15.9. The molecule has 0 aromatic heterocycles. The zero-order chi connectivity index (χ0) is 19.7. The highest BCUT2D eigenvalue weighted by molar-refractivity contribution is 7.83. The SMILES string of the molecule is O=C1NC(=O)C2(CCCC2CNS(=O)c2cccc(-c3ccc(F)cc3)c2)N1. The van der Waals surface area contributed by atoms with E-state index in [0.717, 1.165) is 24.0 Å². The van der Waals surface area contributed by atoms with Crippen LogP contribution in [0.3, 0.4) is 0 Å². The molecule has 2 aliphatic rings. The van der Waals surface area contributed by atoms with E-state index < -0.39 is 22.6 Å². The number of carbonyl (C=O) groups excluding carboxylic acids is 2. The van der Waals surface area contributed by atoms with Gasteiger partial charge in [0.1, 0.15) is 22.3 Å². The maximum absolute atomic E-state index is 13.1. The van der Waals surface area contributed by atoms with Crippen LogP contribution in [0.25, 0.3) is 11.1 Å². The van der Waals surface area contributed by atoms with Crippen molar-refractivity contribution in [1.29, 1.82) is 0 Å². The summed E-state index contributed by atoms with van der Waals surface area (Å²) in [7, 11) is -1.47. The van der Waals surface area contributed by atoms with Crippen LogP contribution in [0.4, 0.5) is 9.18 Å². The molecule has 0 radical (unpaired) electrons. The third kappa shape index (κ3) is 3.45. The van der Waals surface area contributed by atoms with Gasteiger partial charge < -0.3 is 5.32 Å². The fourth-order valence-electron chi connectivity index (χ4n) is 4.02. The van der Waals surface area contributed by atoms with Crippen LogP contribution >= 0.6 is 0 Å². The molecule has 1 spiro atoms. The first-order valence-corrected chi connectivity index (χ1v) is 10.3. The van der Waals surface area contributed by atoms with Crippen molar-refractivity contribution in [2.75, 3.05) is 6.54 Å². The predicted octanol–water partition coefficient (Wildman–Crippen LogP) is 2.48. The second-order valence-corrected chi connectivity index (χ2v) is 8.42. The van der Waals surface area contributed by atoms with Gasteiger partial charge in [-0.3, -0.25) is 10.1 Å². The summed E-state index contributed by atoms with van der Waals surface area (Å²) in [6, 6.07) is 12.9. The minimum Gasteiger partial charge on any atom is -0.323 e. The summed E-state index contributed by atoms with van der Waals surface area (Å²) >= 11 is 0. The first-order valence-electron chi connectivity index (χ1n) is 9.13. The molecule has 6 nitrogen and oxygen atoms in total. The van der Waals surface area contributed by atoms with E-state index >= 15 is 0 Å². The molecular weight excluding hydrogens is 381 g/mol. The van der Waals surface area contributed by atoms with Crippen molar-refractivity contribution < 1.29 is 18.2 Å². The van der Waals surface area contributed by atoms with E-state index in [1.807, 2.05) is 6.07 Å². The molecule has 1 aliphatic heterocycles. The van der Waals surface area contributed by atoms with Crippen LogP contribution in [0.2, 0.25) is 0 Å². The zero-order valence-electron chi connectivity index (χ0n) is 15.0. The third-order valence-electron chi connectivity index (χ3n) is 5.48. The fraction of sp³-hybridized carbons (Fsp3) is 0.300. The first-order chi connectivity index (χ1) is 13.5. The summed E-state index contributed by atoms with van der Waals surface area (Å²) in [6.45, 7) is 0.348. The van der Waals surface area contributed by atoms with Gasteiger partial charge in [-0.15, -0.1) is 0 Å². The average Bonchev–Trinajstić information content (AvgIpc) is 3.23. The summed E-state index contributed by atoms with van der Waals surface area (Å²) in [5, 5.41) is 5.07. The minimum atomic E-state index is -1.47. The molecule has 3 N–H and O–H groups in total. The molecule has 1 heterocycles. The highest BCUT2D eigenvalue weighted by atomic mass is 32.2. The Morgan fingerprint density at radius 1 is 1.14 bits per heavy atom. The lowest BCUT2D eigenvalue weighted by atomic mass is 9.87. The number of urea groups is 1. The lowest BCUT2D eigenvalue weighted by Crippen LogP contribution is -2.52. The Hall–Kier alpha value is -2.58. The molecule has 3 amide bonds. The molecule has 1 saturated carbocycles. The largest absolute Gasteiger partial charge is 0.323 e. The molecule has 8 heteroatoms. The fourth-order valence-corrected chi connectivity index (χ4v) is 4.97. The highest BCUT2D eigenvalue weighted by Crippen LogP contribution is 2.37. The number of benzene rings is 2. The molecule has 3 atom stereocenters. The van der Waals surface area contributed by atoms with E-state index in [2.05, 4.69) is 15.4 Å². The van der Waals surface area contributed by atoms with Crippen molar-refractivity contribution in [2.45, 2.75) is 29.7 Å². The van der Waals surface area contributed by atoms with E-state index in [0.29, 0.717) is 17.9 Å². The van der Waals surface area contributed by atoms with Crippen molar-refractivity contribution >= 4 is 22.9 Å². The van der Waals surface area contributed by atoms with Gasteiger partial charge in [-0.05, 0) is 48.2 Å². The van der Waals surface area contributed by atoms with Crippen LogP contribution < -0.4 is 15.4 Å². The lowest BCUT2D eigenvalue weighted by Gasteiger charge is -2.28. The van der Waals surface area contributed by atoms with Gasteiger partial charge in [0.05, 0.1) is 4.90 Å². The van der Waals surface area contributed by atoms with Gasteiger partial charge in [0.2, 0.25) is 0 Å². The maximum Gasteiger partial charge on any atom is 0.322 e. The van der Waals surface area contributed by atoms with Gasteiger partial charge in [-0.1, -0.05) is 30.7 Å². The second-order valence-electron chi connectivity index (χ2n) is 7.12. The van der Waals surface area contributed by atoms with E-state index in [1.54, 1.807) is 30.3 Å². The molecule has 3 unspecified atom stereocenters. The predicted molar refractivity (Wildman–Crippen MR) is 103 cm³/mol. The molecule has 1 aliphatic carbocycles. The van der Waals surface area contributed by atoms with Crippen LogP contribution in [0.5, 0.6) is 0 Å².